The summed E-state index contributed by atoms with van der Waals surface area (Å²) in [4.78, 5) is 63.9. The molecule has 16 nitrogen and oxygen atoms in total. The fraction of sp³-hybridized carbons (Fsp3) is 0.465. The summed E-state index contributed by atoms with van der Waals surface area (Å²) in [5, 5.41) is 6.57. The Balaban J connectivity index is 0.799. The second-order valence-corrected chi connectivity index (χ2v) is 16.1. The number of allylic oxidation sites excluding steroid dienone is 2. The summed E-state index contributed by atoms with van der Waals surface area (Å²) in [6, 6.07) is 7.22. The number of ether oxygens (including phenoxy) is 1. The average Bonchev–Trinajstić information content (AvgIpc) is 3.91. The molecular formula is C43H50F2N12O4. The number of nitrogens with zero attached hydrogens (tertiary/aromatic N) is 8. The molecule has 6 N–H and O–H groups in total. The van der Waals surface area contributed by atoms with Crippen molar-refractivity contribution < 1.29 is 27.9 Å². The smallest absolute Gasteiger partial charge is 0.328 e. The van der Waals surface area contributed by atoms with Gasteiger partial charge in [0.05, 0.1) is 54.5 Å². The topological polar surface area (TPSA) is 201 Å². The molecule has 5 aliphatic rings. The fourth-order valence-electron chi connectivity index (χ4n) is 8.75. The predicted molar refractivity (Wildman–Crippen MR) is 226 cm³/mol. The van der Waals surface area contributed by atoms with Crippen LogP contribution in [-0.4, -0.2) is 132 Å². The van der Waals surface area contributed by atoms with E-state index >= 15 is 0 Å². The number of nitrogens with one attached hydrogen (secondary N) is 2. The number of halogens is 2. The molecule has 1 saturated carbocycles. The van der Waals surface area contributed by atoms with Crippen molar-refractivity contribution in [3.8, 4) is 11.8 Å². The molecule has 320 valence electrons. The van der Waals surface area contributed by atoms with Crippen molar-refractivity contribution in [2.75, 3.05) is 68.8 Å². The lowest BCUT2D eigenvalue weighted by Crippen LogP contribution is -2.49. The molecule has 0 unspecified atom stereocenters. The highest BCUT2D eigenvalue weighted by Gasteiger charge is 2.40. The zero-order chi connectivity index (χ0) is 42.5. The molecule has 2 bridgehead atoms. The number of carbonyl (C=O) groups is 3. The number of fused-ring (bicyclic) bond motifs is 3. The number of anilines is 2. The number of amides is 4. The summed E-state index contributed by atoms with van der Waals surface area (Å²) in [5.41, 5.74) is 12.0. The van der Waals surface area contributed by atoms with E-state index < -0.39 is 24.1 Å². The maximum Gasteiger partial charge on any atom is 0.328 e. The van der Waals surface area contributed by atoms with E-state index in [0.717, 1.165) is 87.4 Å². The molecule has 1 aliphatic carbocycles. The number of urea groups is 1. The van der Waals surface area contributed by atoms with Gasteiger partial charge < -0.3 is 31.3 Å². The quantitative estimate of drug-likeness (QED) is 0.125. The molecule has 0 spiro atoms. The zero-order valence-electron chi connectivity index (χ0n) is 33.8. The van der Waals surface area contributed by atoms with Gasteiger partial charge >= 0.3 is 6.03 Å². The zero-order valence-corrected chi connectivity index (χ0v) is 33.8. The lowest BCUT2D eigenvalue weighted by molar-refractivity contribution is -0.120. The Morgan fingerprint density at radius 3 is 2.59 bits per heavy atom. The van der Waals surface area contributed by atoms with Crippen LogP contribution in [0, 0.1) is 17.8 Å². The molecule has 2 aromatic heterocycles. The summed E-state index contributed by atoms with van der Waals surface area (Å²) < 4.78 is 33.4. The van der Waals surface area contributed by atoms with Crippen molar-refractivity contribution in [1.82, 2.24) is 35.4 Å². The normalized spacial score (nSPS) is 24.3. The Morgan fingerprint density at radius 2 is 1.87 bits per heavy atom. The SMILES string of the molecule is N/C=C(/C(=O)N/C(C=NC1CCC(CN2CCN(CC#Cc3cccc4c(N5CCC(=O)NC5=O)cncc34)CC2)CC1)=C(/N)C(F)F)c1nccc(N2C[C@H]3C[C@@H]2CO3)n1. The van der Waals surface area contributed by atoms with Crippen LogP contribution in [0.4, 0.5) is 25.1 Å². The number of benzene rings is 1. The number of alkyl halides is 2. The van der Waals surface area contributed by atoms with Gasteiger partial charge in [0.2, 0.25) is 5.91 Å². The summed E-state index contributed by atoms with van der Waals surface area (Å²) >= 11 is 0. The van der Waals surface area contributed by atoms with Crippen LogP contribution in [0.15, 0.2) is 65.4 Å². The fourth-order valence-corrected chi connectivity index (χ4v) is 8.75. The Hall–Kier alpha value is -6.03. The molecule has 5 fully saturated rings. The van der Waals surface area contributed by atoms with Crippen LogP contribution >= 0.6 is 0 Å². The highest BCUT2D eigenvalue weighted by Crippen LogP contribution is 2.32. The van der Waals surface area contributed by atoms with Crippen LogP contribution in [0.25, 0.3) is 16.3 Å². The Bertz CT molecular complexity index is 2290. The van der Waals surface area contributed by atoms with E-state index in [0.29, 0.717) is 43.7 Å². The molecule has 4 saturated heterocycles. The average molecular weight is 837 g/mol. The first-order chi connectivity index (χ1) is 29.6. The molecule has 4 amide bonds. The number of carbonyl (C=O) groups excluding carboxylic acids is 3. The minimum atomic E-state index is -3.01. The lowest BCUT2D eigenvalue weighted by atomic mass is 9.86. The number of piperazine rings is 1. The third-order valence-electron chi connectivity index (χ3n) is 12.1. The molecule has 8 rings (SSSR count). The number of aromatic nitrogens is 3. The number of morpholine rings is 1. The number of imide groups is 1. The minimum absolute atomic E-state index is 0.0692. The van der Waals surface area contributed by atoms with E-state index in [2.05, 4.69) is 57.1 Å². The van der Waals surface area contributed by atoms with Crippen molar-refractivity contribution in [3.05, 3.63) is 71.8 Å². The molecule has 61 heavy (non-hydrogen) atoms. The van der Waals surface area contributed by atoms with Crippen molar-refractivity contribution in [1.29, 1.82) is 0 Å². The van der Waals surface area contributed by atoms with E-state index in [9.17, 15) is 23.2 Å². The third-order valence-corrected chi connectivity index (χ3v) is 12.1. The highest BCUT2D eigenvalue weighted by atomic mass is 19.3. The summed E-state index contributed by atoms with van der Waals surface area (Å²) in [6.07, 6.45) is 9.00. The maximum absolute atomic E-state index is 13.9. The van der Waals surface area contributed by atoms with Gasteiger partial charge in [-0.3, -0.25) is 34.7 Å². The third kappa shape index (κ3) is 9.64. The van der Waals surface area contributed by atoms with Crippen molar-refractivity contribution in [3.63, 3.8) is 0 Å². The first-order valence-electron chi connectivity index (χ1n) is 20.8. The van der Waals surface area contributed by atoms with Crippen LogP contribution in [0.5, 0.6) is 0 Å². The van der Waals surface area contributed by atoms with Crippen LogP contribution in [0.1, 0.15) is 49.9 Å². The molecule has 1 aromatic carbocycles. The van der Waals surface area contributed by atoms with Crippen molar-refractivity contribution in [2.24, 2.45) is 22.4 Å². The highest BCUT2D eigenvalue weighted by molar-refractivity contribution is 6.20. The predicted octanol–water partition coefficient (Wildman–Crippen LogP) is 2.60. The molecule has 4 aliphatic heterocycles. The Kier molecular flexibility index (Phi) is 12.8. The van der Waals surface area contributed by atoms with E-state index in [4.69, 9.17) is 16.2 Å². The first-order valence-corrected chi connectivity index (χ1v) is 20.8. The minimum Gasteiger partial charge on any atom is -0.404 e. The van der Waals surface area contributed by atoms with Gasteiger partial charge in [-0.25, -0.2) is 23.5 Å². The summed E-state index contributed by atoms with van der Waals surface area (Å²) in [6.45, 7) is 6.87. The van der Waals surface area contributed by atoms with Crippen LogP contribution in [0.2, 0.25) is 0 Å². The van der Waals surface area contributed by atoms with Crippen molar-refractivity contribution >= 4 is 51.9 Å². The van der Waals surface area contributed by atoms with Crippen LogP contribution in [-0.2, 0) is 14.3 Å². The van der Waals surface area contributed by atoms with Gasteiger partial charge in [-0.15, -0.1) is 0 Å². The molecular weight excluding hydrogens is 787 g/mol. The van der Waals surface area contributed by atoms with Crippen molar-refractivity contribution in [2.45, 2.75) is 63.1 Å². The molecule has 6 heterocycles. The van der Waals surface area contributed by atoms with Gasteiger partial charge in [-0.1, -0.05) is 24.0 Å². The molecule has 18 heteroatoms. The second kappa shape index (κ2) is 18.7. The van der Waals surface area contributed by atoms with E-state index in [-0.39, 0.29) is 47.6 Å². The number of aliphatic imine (C=N–C) groups is 1. The largest absolute Gasteiger partial charge is 0.404 e. The number of hydrogen-bond acceptors (Lipinski definition) is 13. The number of hydrogen-bond donors (Lipinski definition) is 4. The monoisotopic (exact) mass is 836 g/mol. The Labute approximate surface area is 352 Å². The van der Waals surface area contributed by atoms with E-state index in [1.165, 1.54) is 12.4 Å². The van der Waals surface area contributed by atoms with Gasteiger partial charge in [0, 0.05) is 93.4 Å². The first kappa shape index (κ1) is 41.7. The van der Waals surface area contributed by atoms with Crippen LogP contribution in [0.3, 0.4) is 0 Å². The molecule has 0 radical (unpaired) electrons. The maximum atomic E-state index is 13.9. The Morgan fingerprint density at radius 1 is 1.07 bits per heavy atom. The van der Waals surface area contributed by atoms with Gasteiger partial charge in [0.25, 0.3) is 12.3 Å². The van der Waals surface area contributed by atoms with Gasteiger partial charge in [0.1, 0.15) is 11.5 Å². The molecule has 2 atom stereocenters. The van der Waals surface area contributed by atoms with Gasteiger partial charge in [-0.05, 0) is 50.2 Å². The number of pyridine rings is 1. The molecule has 3 aromatic rings. The number of rotatable bonds is 11. The number of nitrogens with two attached hydrogens (primary N) is 2. The lowest BCUT2D eigenvalue weighted by Gasteiger charge is -2.37. The van der Waals surface area contributed by atoms with Crippen LogP contribution < -0.4 is 31.9 Å². The summed E-state index contributed by atoms with van der Waals surface area (Å²) in [5.74, 6) is 6.80. The van der Waals surface area contributed by atoms with E-state index in [1.54, 1.807) is 23.4 Å². The summed E-state index contributed by atoms with van der Waals surface area (Å²) in [7, 11) is 0. The van der Waals surface area contributed by atoms with E-state index in [1.807, 2.05) is 18.2 Å². The van der Waals surface area contributed by atoms with Gasteiger partial charge in [-0.2, -0.15) is 0 Å². The van der Waals surface area contributed by atoms with Gasteiger partial charge in [0.15, 0.2) is 5.82 Å². The second-order valence-electron chi connectivity index (χ2n) is 16.1. The standard InChI is InChI=1S/C43H50F2N12O4/c44-40(45)39(47)35(51-42(59)33(20-46)41-49-12-10-37(52-41)57-25-31-19-30(57)26-61-31)22-50-29-8-6-27(7-9-29)24-55-17-15-54(16-18-55)13-2-4-28-3-1-5-32-34(28)21-48-23-36(32)56-14-11-38(58)53-43(56)60/h1,3,5,10,12,20-23,27,29-31,40H,6-9,11,13-19,24-26,46-47H2,(H,51,59)(H,53,58,60)/b33-20+,39-35+,50-22?/t27?,29?,30-,31-/m1/s1.